The molecule has 0 aliphatic heterocycles. The number of nitrogen functional groups attached to an aromatic ring is 4. The van der Waals surface area contributed by atoms with Gasteiger partial charge in [0.05, 0.1) is 37.1 Å². The van der Waals surface area contributed by atoms with Crippen LogP contribution in [0.3, 0.4) is 0 Å². The predicted molar refractivity (Wildman–Crippen MR) is 168 cm³/mol. The van der Waals surface area contributed by atoms with Gasteiger partial charge in [0.25, 0.3) is 0 Å². The van der Waals surface area contributed by atoms with Gasteiger partial charge in [0.2, 0.25) is 11.9 Å². The third-order valence-electron chi connectivity index (χ3n) is 7.15. The summed E-state index contributed by atoms with van der Waals surface area (Å²) in [5.41, 5.74) is 27.7. The molecule has 0 bridgehead atoms. The van der Waals surface area contributed by atoms with Crippen molar-refractivity contribution >= 4 is 69.9 Å². The van der Waals surface area contributed by atoms with Crippen LogP contribution in [-0.2, 0) is 13.1 Å². The number of nitrogens with zero attached hydrogens (tertiary/aromatic N) is 4. The molecule has 1 fully saturated rings. The van der Waals surface area contributed by atoms with Gasteiger partial charge >= 0.3 is 0 Å². The molecule has 2 aromatic heterocycles. The van der Waals surface area contributed by atoms with E-state index in [4.69, 9.17) is 69.3 Å². The number of halogens is 4. The van der Waals surface area contributed by atoms with Gasteiger partial charge in [-0.2, -0.15) is 9.97 Å². The van der Waals surface area contributed by atoms with Gasteiger partial charge in [-0.25, -0.2) is 9.97 Å². The molecule has 214 valence electrons. The molecule has 10 N–H and O–H groups in total. The molecule has 0 radical (unpaired) electrons. The minimum absolute atomic E-state index is 0.0598. The predicted octanol–water partition coefficient (Wildman–Crippen LogP) is 5.69. The van der Waals surface area contributed by atoms with Crippen LogP contribution in [0.2, 0.25) is 20.1 Å². The van der Waals surface area contributed by atoms with E-state index in [9.17, 15) is 0 Å². The highest BCUT2D eigenvalue weighted by atomic mass is 35.5. The number of hydrogen-bond acceptors (Lipinski definition) is 10. The van der Waals surface area contributed by atoms with Crippen LogP contribution >= 0.6 is 46.4 Å². The standard InChI is InChI=1S/C27H28Cl4N10/c28-15-7-3-5-13(21(15)30)19-17(38-25(34)40-23(19)32)11-36-27(9-1-2-10-27)37-12-18-20(24(33)41-26(35)39-18)14-6-4-8-16(29)22(14)31/h3-8,36-37H,1-2,9-12H2,(H4,32,34,38,40)(H4,33,35,39,41). The fourth-order valence-electron chi connectivity index (χ4n) is 5.23. The van der Waals surface area contributed by atoms with E-state index in [2.05, 4.69) is 30.6 Å². The molecule has 14 heteroatoms. The summed E-state index contributed by atoms with van der Waals surface area (Å²) >= 11 is 25.7. The molecule has 1 aliphatic carbocycles. The van der Waals surface area contributed by atoms with E-state index in [1.54, 1.807) is 24.3 Å². The Bertz CT molecular complexity index is 1500. The van der Waals surface area contributed by atoms with Crippen LogP contribution in [0.15, 0.2) is 36.4 Å². The van der Waals surface area contributed by atoms with Crippen LogP contribution in [0, 0.1) is 0 Å². The highest BCUT2D eigenvalue weighted by Gasteiger charge is 2.34. The van der Waals surface area contributed by atoms with Crippen molar-refractivity contribution in [1.29, 1.82) is 0 Å². The maximum absolute atomic E-state index is 6.54. The molecular weight excluding hydrogens is 606 g/mol. The van der Waals surface area contributed by atoms with Crippen molar-refractivity contribution in [2.75, 3.05) is 22.9 Å². The first-order valence-electron chi connectivity index (χ1n) is 12.8. The Labute approximate surface area is 257 Å². The van der Waals surface area contributed by atoms with Crippen LogP contribution in [-0.4, -0.2) is 25.6 Å². The number of nitrogens with one attached hydrogen (secondary N) is 2. The number of anilines is 4. The molecular formula is C27H28Cl4N10. The van der Waals surface area contributed by atoms with Gasteiger partial charge in [-0.05, 0) is 25.0 Å². The Kier molecular flexibility index (Phi) is 8.60. The van der Waals surface area contributed by atoms with Crippen molar-refractivity contribution in [3.8, 4) is 22.3 Å². The van der Waals surface area contributed by atoms with Gasteiger partial charge in [0.1, 0.15) is 11.6 Å². The van der Waals surface area contributed by atoms with E-state index in [1.807, 2.05) is 12.1 Å². The lowest BCUT2D eigenvalue weighted by Gasteiger charge is -2.32. The van der Waals surface area contributed by atoms with Gasteiger partial charge in [-0.15, -0.1) is 0 Å². The SMILES string of the molecule is Nc1nc(N)c(-c2cccc(Cl)c2Cl)c(CNC2(NCc3nc(N)nc(N)c3-c3cccc(Cl)c3Cl)CCCC2)n1. The van der Waals surface area contributed by atoms with Gasteiger partial charge in [-0.1, -0.05) is 83.5 Å². The molecule has 5 rings (SSSR count). The van der Waals surface area contributed by atoms with Crippen molar-refractivity contribution in [3.63, 3.8) is 0 Å². The minimum atomic E-state index is -0.465. The van der Waals surface area contributed by atoms with E-state index in [1.165, 1.54) is 0 Å². The number of benzene rings is 2. The second-order valence-corrected chi connectivity index (χ2v) is 11.3. The first-order chi connectivity index (χ1) is 19.6. The lowest BCUT2D eigenvalue weighted by Crippen LogP contribution is -2.54. The first kappa shape index (κ1) is 29.4. The number of nitrogens with two attached hydrogens (primary N) is 4. The molecule has 10 nitrogen and oxygen atoms in total. The third-order valence-corrected chi connectivity index (χ3v) is 8.78. The fourth-order valence-corrected chi connectivity index (χ4v) is 6.02. The molecule has 4 aromatic rings. The van der Waals surface area contributed by atoms with Gasteiger partial charge in [-0.3, -0.25) is 10.6 Å². The topological polar surface area (TPSA) is 180 Å². The molecule has 1 aliphatic rings. The van der Waals surface area contributed by atoms with Crippen molar-refractivity contribution in [1.82, 2.24) is 30.6 Å². The Hall–Kier alpha value is -3.12. The lowest BCUT2D eigenvalue weighted by molar-refractivity contribution is 0.255. The first-order valence-corrected chi connectivity index (χ1v) is 14.3. The summed E-state index contributed by atoms with van der Waals surface area (Å²) in [6.45, 7) is 0.645. The van der Waals surface area contributed by atoms with Crippen LogP contribution in [0.5, 0.6) is 0 Å². The number of aromatic nitrogens is 4. The van der Waals surface area contributed by atoms with Crippen molar-refractivity contribution in [3.05, 3.63) is 67.9 Å². The quantitative estimate of drug-likeness (QED) is 0.132. The second-order valence-electron chi connectivity index (χ2n) is 9.78. The Morgan fingerprint density at radius 1 is 0.634 bits per heavy atom. The summed E-state index contributed by atoms with van der Waals surface area (Å²) in [5, 5.41) is 8.80. The number of hydrogen-bond donors (Lipinski definition) is 6. The molecule has 0 saturated heterocycles. The smallest absolute Gasteiger partial charge is 0.222 e. The summed E-state index contributed by atoms with van der Waals surface area (Å²) in [7, 11) is 0. The average Bonchev–Trinajstić information content (AvgIpc) is 3.39. The maximum atomic E-state index is 6.54. The summed E-state index contributed by atoms with van der Waals surface area (Å²) in [5.74, 6) is 0.540. The van der Waals surface area contributed by atoms with E-state index in [0.717, 1.165) is 25.7 Å². The fraction of sp³-hybridized carbons (Fsp3) is 0.259. The van der Waals surface area contributed by atoms with Crippen molar-refractivity contribution in [2.24, 2.45) is 0 Å². The lowest BCUT2D eigenvalue weighted by atomic mass is 10.0. The zero-order valence-corrected chi connectivity index (χ0v) is 24.8. The second kappa shape index (κ2) is 12.0. The average molecular weight is 634 g/mol. The van der Waals surface area contributed by atoms with Gasteiger partial charge in [0.15, 0.2) is 0 Å². The van der Waals surface area contributed by atoms with E-state index >= 15 is 0 Å². The Morgan fingerprint density at radius 2 is 1.05 bits per heavy atom. The molecule has 41 heavy (non-hydrogen) atoms. The summed E-state index contributed by atoms with van der Waals surface area (Å²) < 4.78 is 0. The Morgan fingerprint density at radius 3 is 1.46 bits per heavy atom. The van der Waals surface area contributed by atoms with Crippen LogP contribution in [0.1, 0.15) is 37.1 Å². The normalized spacial score (nSPS) is 14.4. The molecule has 0 atom stereocenters. The van der Waals surface area contributed by atoms with Crippen LogP contribution in [0.25, 0.3) is 22.3 Å². The molecule has 0 unspecified atom stereocenters. The van der Waals surface area contributed by atoms with E-state index < -0.39 is 5.66 Å². The zero-order valence-electron chi connectivity index (χ0n) is 21.8. The molecule has 0 amide bonds. The number of rotatable bonds is 8. The van der Waals surface area contributed by atoms with Gasteiger partial charge in [0, 0.05) is 35.3 Å². The zero-order chi connectivity index (χ0) is 29.3. The largest absolute Gasteiger partial charge is 0.383 e. The Balaban J connectivity index is 1.45. The summed E-state index contributed by atoms with van der Waals surface area (Å²) in [6, 6.07) is 10.6. The molecule has 0 spiro atoms. The molecule has 1 saturated carbocycles. The summed E-state index contributed by atoms with van der Waals surface area (Å²) in [4.78, 5) is 17.3. The van der Waals surface area contributed by atoms with Crippen molar-refractivity contribution in [2.45, 2.75) is 44.4 Å². The monoisotopic (exact) mass is 632 g/mol. The minimum Gasteiger partial charge on any atom is -0.383 e. The molecule has 2 aromatic carbocycles. The highest BCUT2D eigenvalue weighted by molar-refractivity contribution is 6.44. The van der Waals surface area contributed by atoms with Crippen LogP contribution in [0.4, 0.5) is 23.5 Å². The third kappa shape index (κ3) is 6.08. The van der Waals surface area contributed by atoms with Gasteiger partial charge < -0.3 is 22.9 Å². The highest BCUT2D eigenvalue weighted by Crippen LogP contribution is 2.39. The maximum Gasteiger partial charge on any atom is 0.222 e. The van der Waals surface area contributed by atoms with E-state index in [-0.39, 0.29) is 23.5 Å². The summed E-state index contributed by atoms with van der Waals surface area (Å²) in [6.07, 6.45) is 3.73. The molecule has 2 heterocycles. The van der Waals surface area contributed by atoms with Crippen LogP contribution < -0.4 is 33.6 Å². The van der Waals surface area contributed by atoms with Crippen molar-refractivity contribution < 1.29 is 0 Å². The van der Waals surface area contributed by atoms with E-state index in [0.29, 0.717) is 66.8 Å².